The number of pyridine rings is 1. The molecule has 202 valence electrons. The summed E-state index contributed by atoms with van der Waals surface area (Å²) in [6.07, 6.45) is -1.67. The molecule has 39 heavy (non-hydrogen) atoms. The number of nitrogens with zero attached hydrogens (tertiary/aromatic N) is 7. The van der Waals surface area contributed by atoms with Gasteiger partial charge in [0, 0.05) is 31.4 Å². The van der Waals surface area contributed by atoms with Gasteiger partial charge in [0.05, 0.1) is 50.0 Å². The fraction of sp³-hybridized carbons (Fsp3) is 0.346. The van der Waals surface area contributed by atoms with Gasteiger partial charge in [-0.25, -0.2) is 18.7 Å². The molecule has 2 aliphatic heterocycles. The summed E-state index contributed by atoms with van der Waals surface area (Å²) in [7, 11) is 1.51. The highest BCUT2D eigenvalue weighted by molar-refractivity contribution is 5.94. The first-order valence-electron chi connectivity index (χ1n) is 12.4. The first-order valence-corrected chi connectivity index (χ1v) is 12.4. The van der Waals surface area contributed by atoms with Crippen molar-refractivity contribution in [3.8, 4) is 17.6 Å². The Hall–Kier alpha value is -4.39. The summed E-state index contributed by atoms with van der Waals surface area (Å²) >= 11 is 0. The number of halogens is 2. The van der Waals surface area contributed by atoms with Crippen LogP contribution in [0.2, 0.25) is 0 Å². The van der Waals surface area contributed by atoms with E-state index in [9.17, 15) is 13.6 Å². The van der Waals surface area contributed by atoms with Crippen molar-refractivity contribution in [2.75, 3.05) is 51.4 Å². The van der Waals surface area contributed by atoms with E-state index in [0.29, 0.717) is 67.8 Å². The molecule has 4 aromatic rings. The van der Waals surface area contributed by atoms with E-state index >= 15 is 0 Å². The molecule has 2 saturated heterocycles. The van der Waals surface area contributed by atoms with E-state index < -0.39 is 12.2 Å². The number of rotatable bonds is 7. The van der Waals surface area contributed by atoms with Crippen molar-refractivity contribution in [3.63, 3.8) is 0 Å². The van der Waals surface area contributed by atoms with Crippen molar-refractivity contribution in [3.05, 3.63) is 60.0 Å². The maximum Gasteiger partial charge on any atom is 0.296 e. The summed E-state index contributed by atoms with van der Waals surface area (Å²) in [5.74, 6) is 0.633. The molecule has 0 N–H and O–H groups in total. The maximum absolute atomic E-state index is 14.0. The molecule has 0 saturated carbocycles. The van der Waals surface area contributed by atoms with E-state index in [4.69, 9.17) is 14.2 Å². The van der Waals surface area contributed by atoms with E-state index in [0.717, 1.165) is 0 Å². The van der Waals surface area contributed by atoms with Crippen LogP contribution in [0, 0.1) is 0 Å². The Labute approximate surface area is 222 Å². The normalized spacial score (nSPS) is 16.0. The largest absolute Gasteiger partial charge is 0.481 e. The minimum Gasteiger partial charge on any atom is -0.481 e. The second-order valence-electron chi connectivity index (χ2n) is 9.10. The van der Waals surface area contributed by atoms with Crippen molar-refractivity contribution >= 4 is 22.9 Å². The van der Waals surface area contributed by atoms with Gasteiger partial charge in [-0.15, -0.1) is 0 Å². The summed E-state index contributed by atoms with van der Waals surface area (Å²) in [5.41, 5.74) is 1.38. The highest BCUT2D eigenvalue weighted by Crippen LogP contribution is 2.30. The number of morpholine rings is 1. The van der Waals surface area contributed by atoms with Crippen LogP contribution in [0.15, 0.2) is 48.7 Å². The van der Waals surface area contributed by atoms with Gasteiger partial charge in [-0.3, -0.25) is 9.36 Å². The number of methoxy groups -OCH3 is 1. The van der Waals surface area contributed by atoms with Crippen molar-refractivity contribution in [2.45, 2.75) is 12.5 Å². The Morgan fingerprint density at radius 3 is 2.56 bits per heavy atom. The molecule has 0 aliphatic carbocycles. The van der Waals surface area contributed by atoms with E-state index in [2.05, 4.69) is 19.9 Å². The molecule has 0 bridgehead atoms. The predicted molar refractivity (Wildman–Crippen MR) is 136 cm³/mol. The number of imidazole rings is 1. The summed E-state index contributed by atoms with van der Waals surface area (Å²) in [6.45, 7) is 2.79. The van der Waals surface area contributed by atoms with E-state index in [1.165, 1.54) is 23.9 Å². The SMILES string of the molecule is COc1ccc(C(=O)N2CC(Oc3cc(-n4c(C(F)F)nc5ccccc54)nc(N4CCOCC4)n3)C2)cn1. The van der Waals surface area contributed by atoms with Crippen molar-refractivity contribution < 1.29 is 27.8 Å². The minimum absolute atomic E-state index is 0.172. The van der Waals surface area contributed by atoms with Gasteiger partial charge in [0.15, 0.2) is 5.82 Å². The number of ether oxygens (including phenoxy) is 3. The quantitative estimate of drug-likeness (QED) is 0.352. The van der Waals surface area contributed by atoms with Crippen LogP contribution in [-0.2, 0) is 4.74 Å². The number of fused-ring (bicyclic) bond motifs is 1. The Bertz CT molecular complexity index is 1490. The number of anilines is 1. The van der Waals surface area contributed by atoms with Gasteiger partial charge in [0.1, 0.15) is 11.9 Å². The van der Waals surface area contributed by atoms with Crippen LogP contribution < -0.4 is 14.4 Å². The number of aromatic nitrogens is 5. The second kappa shape index (κ2) is 10.4. The minimum atomic E-state index is -2.82. The molecular formula is C26H25F2N7O4. The van der Waals surface area contributed by atoms with Crippen molar-refractivity contribution in [1.29, 1.82) is 0 Å². The van der Waals surface area contributed by atoms with Crippen LogP contribution in [-0.4, -0.2) is 87.9 Å². The second-order valence-corrected chi connectivity index (χ2v) is 9.10. The highest BCUT2D eigenvalue weighted by Gasteiger charge is 2.34. The molecule has 5 heterocycles. The number of carbonyl (C=O) groups excluding carboxylic acids is 1. The van der Waals surface area contributed by atoms with Gasteiger partial charge < -0.3 is 24.0 Å². The maximum atomic E-state index is 14.0. The number of benzene rings is 1. The van der Waals surface area contributed by atoms with Gasteiger partial charge in [-0.05, 0) is 18.2 Å². The number of alkyl halides is 2. The van der Waals surface area contributed by atoms with Gasteiger partial charge in [0.25, 0.3) is 12.3 Å². The standard InChI is InChI=1S/C26H25F2N7O4/c1-37-21-7-6-16(13-29-21)25(36)34-14-17(15-34)39-22-12-20(31-26(32-22)33-8-10-38-11-9-33)35-19-5-3-2-4-18(19)30-24(35)23(27)28/h2-7,12-13,17,23H,8-11,14-15H2,1H3. The molecule has 0 atom stereocenters. The average molecular weight is 538 g/mol. The molecule has 0 unspecified atom stereocenters. The lowest BCUT2D eigenvalue weighted by molar-refractivity contribution is 0.0159. The molecule has 1 amide bonds. The van der Waals surface area contributed by atoms with Crippen LogP contribution >= 0.6 is 0 Å². The number of likely N-dealkylation sites (tertiary alicyclic amines) is 1. The van der Waals surface area contributed by atoms with E-state index in [1.54, 1.807) is 41.3 Å². The van der Waals surface area contributed by atoms with Gasteiger partial charge >= 0.3 is 0 Å². The Morgan fingerprint density at radius 1 is 1.05 bits per heavy atom. The van der Waals surface area contributed by atoms with Crippen LogP contribution in [0.3, 0.4) is 0 Å². The first kappa shape index (κ1) is 24.9. The Morgan fingerprint density at radius 2 is 1.85 bits per heavy atom. The van der Waals surface area contributed by atoms with Gasteiger partial charge in [-0.1, -0.05) is 12.1 Å². The topological polar surface area (TPSA) is 108 Å². The van der Waals surface area contributed by atoms with Gasteiger partial charge in [0.2, 0.25) is 17.7 Å². The Balaban J connectivity index is 1.28. The lowest BCUT2D eigenvalue weighted by atomic mass is 10.1. The lowest BCUT2D eigenvalue weighted by Gasteiger charge is -2.38. The molecule has 2 fully saturated rings. The number of hydrogen-bond acceptors (Lipinski definition) is 9. The monoisotopic (exact) mass is 537 g/mol. The Kier molecular flexibility index (Phi) is 6.65. The number of amides is 1. The van der Waals surface area contributed by atoms with E-state index in [1.807, 2.05) is 4.90 Å². The molecule has 0 radical (unpaired) electrons. The molecule has 13 heteroatoms. The summed E-state index contributed by atoms with van der Waals surface area (Å²) < 4.78 is 46.0. The number of hydrogen-bond donors (Lipinski definition) is 0. The fourth-order valence-corrected chi connectivity index (χ4v) is 4.57. The van der Waals surface area contributed by atoms with Crippen LogP contribution in [0.1, 0.15) is 22.6 Å². The molecule has 3 aromatic heterocycles. The zero-order valence-electron chi connectivity index (χ0n) is 21.0. The third-order valence-corrected chi connectivity index (χ3v) is 6.60. The van der Waals surface area contributed by atoms with E-state index in [-0.39, 0.29) is 23.7 Å². The summed E-state index contributed by atoms with van der Waals surface area (Å²) in [5, 5.41) is 0. The fourth-order valence-electron chi connectivity index (χ4n) is 4.57. The third-order valence-electron chi connectivity index (χ3n) is 6.60. The van der Waals surface area contributed by atoms with Crippen molar-refractivity contribution in [2.24, 2.45) is 0 Å². The van der Waals surface area contributed by atoms with Crippen LogP contribution in [0.25, 0.3) is 16.9 Å². The number of carbonyl (C=O) groups is 1. The van der Waals surface area contributed by atoms with Crippen LogP contribution in [0.4, 0.5) is 14.7 Å². The van der Waals surface area contributed by atoms with Crippen LogP contribution in [0.5, 0.6) is 11.8 Å². The molecular weight excluding hydrogens is 512 g/mol. The predicted octanol–water partition coefficient (Wildman–Crippen LogP) is 2.90. The van der Waals surface area contributed by atoms with Gasteiger partial charge in [-0.2, -0.15) is 9.97 Å². The average Bonchev–Trinajstić information content (AvgIpc) is 3.35. The first-order chi connectivity index (χ1) is 19.0. The molecule has 6 rings (SSSR count). The van der Waals surface area contributed by atoms with Crippen molar-refractivity contribution in [1.82, 2.24) is 29.4 Å². The third kappa shape index (κ3) is 4.92. The summed E-state index contributed by atoms with van der Waals surface area (Å²) in [4.78, 5) is 33.8. The zero-order chi connectivity index (χ0) is 26.9. The molecule has 2 aliphatic rings. The zero-order valence-corrected chi connectivity index (χ0v) is 21.0. The molecule has 0 spiro atoms. The smallest absolute Gasteiger partial charge is 0.296 e. The lowest BCUT2D eigenvalue weighted by Crippen LogP contribution is -2.56. The molecule has 11 nitrogen and oxygen atoms in total. The molecule has 1 aromatic carbocycles. The number of para-hydroxylation sites is 2. The summed E-state index contributed by atoms with van der Waals surface area (Å²) in [6, 6.07) is 11.7. The highest BCUT2D eigenvalue weighted by atomic mass is 19.3.